The van der Waals surface area contributed by atoms with Crippen LogP contribution in [0, 0.1) is 0 Å². The highest BCUT2D eigenvalue weighted by Crippen LogP contribution is 2.27. The Bertz CT molecular complexity index is 649. The molecule has 116 valence electrons. The first-order valence-electron chi connectivity index (χ1n) is 6.78. The maximum Gasteiger partial charge on any atom is 0.251 e. The van der Waals surface area contributed by atoms with Crippen molar-refractivity contribution in [1.82, 2.24) is 9.62 Å². The van der Waals surface area contributed by atoms with E-state index < -0.39 is 10.0 Å². The Morgan fingerprint density at radius 3 is 2.29 bits per heavy atom. The van der Waals surface area contributed by atoms with Crippen LogP contribution in [0.5, 0.6) is 0 Å². The van der Waals surface area contributed by atoms with Gasteiger partial charge in [-0.2, -0.15) is 0 Å². The fourth-order valence-electron chi connectivity index (χ4n) is 1.92. The third-order valence-electron chi connectivity index (χ3n) is 3.37. The summed E-state index contributed by atoms with van der Waals surface area (Å²) in [6.45, 7) is 0. The molecule has 0 spiro atoms. The van der Waals surface area contributed by atoms with Crippen LogP contribution in [0.25, 0.3) is 0 Å². The van der Waals surface area contributed by atoms with E-state index in [0.29, 0.717) is 11.3 Å². The summed E-state index contributed by atoms with van der Waals surface area (Å²) in [5, 5.41) is 2.87. The number of hydrogen-bond donors (Lipinski definition) is 1. The van der Waals surface area contributed by atoms with Crippen LogP contribution in [0.15, 0.2) is 23.1 Å². The average Bonchev–Trinajstić information content (AvgIpc) is 3.21. The minimum absolute atomic E-state index is 0.140. The second-order valence-corrected chi connectivity index (χ2v) is 7.73. The summed E-state index contributed by atoms with van der Waals surface area (Å²) < 4.78 is 26.0. The van der Waals surface area contributed by atoms with Crippen molar-refractivity contribution in [3.05, 3.63) is 23.8 Å². The lowest BCUT2D eigenvalue weighted by Crippen LogP contribution is -2.28. The first kappa shape index (κ1) is 15.8. The van der Waals surface area contributed by atoms with Gasteiger partial charge in [0, 0.05) is 39.8 Å². The van der Waals surface area contributed by atoms with Crippen LogP contribution in [-0.4, -0.2) is 52.9 Å². The standard InChI is InChI=1S/C14H21N3O3S/c1-16(2)12-8-5-10(14(18)15-11-6-7-11)9-13(12)21(19,20)17(3)4/h5,8-9,11H,6-7H2,1-4H3,(H,15,18). The van der Waals surface area contributed by atoms with Gasteiger partial charge in [-0.25, -0.2) is 12.7 Å². The Balaban J connectivity index is 2.46. The summed E-state index contributed by atoms with van der Waals surface area (Å²) in [4.78, 5) is 14.0. The van der Waals surface area contributed by atoms with Gasteiger partial charge in [0.1, 0.15) is 4.90 Å². The van der Waals surface area contributed by atoms with Gasteiger partial charge in [0.25, 0.3) is 5.91 Å². The molecule has 0 unspecified atom stereocenters. The first-order valence-corrected chi connectivity index (χ1v) is 8.22. The number of sulfonamides is 1. The number of carbonyl (C=O) groups is 1. The number of benzene rings is 1. The molecule has 0 bridgehead atoms. The van der Waals surface area contributed by atoms with Crippen molar-refractivity contribution >= 4 is 21.6 Å². The molecular weight excluding hydrogens is 290 g/mol. The minimum Gasteiger partial charge on any atom is -0.377 e. The Hall–Kier alpha value is -1.60. The van der Waals surface area contributed by atoms with Crippen molar-refractivity contribution in [2.24, 2.45) is 0 Å². The lowest BCUT2D eigenvalue weighted by atomic mass is 10.2. The monoisotopic (exact) mass is 311 g/mol. The molecule has 0 aliphatic heterocycles. The molecule has 0 saturated heterocycles. The minimum atomic E-state index is -3.61. The van der Waals surface area contributed by atoms with Gasteiger partial charge >= 0.3 is 0 Å². The van der Waals surface area contributed by atoms with Crippen molar-refractivity contribution in [3.63, 3.8) is 0 Å². The summed E-state index contributed by atoms with van der Waals surface area (Å²) in [5.41, 5.74) is 0.930. The van der Waals surface area contributed by atoms with E-state index in [2.05, 4.69) is 5.32 Å². The van der Waals surface area contributed by atoms with Crippen molar-refractivity contribution in [2.45, 2.75) is 23.8 Å². The van der Waals surface area contributed by atoms with Gasteiger partial charge in [0.05, 0.1) is 5.69 Å². The number of nitrogens with one attached hydrogen (secondary N) is 1. The number of anilines is 1. The van der Waals surface area contributed by atoms with Crippen LogP contribution >= 0.6 is 0 Å². The number of rotatable bonds is 5. The molecule has 0 atom stereocenters. The molecule has 1 N–H and O–H groups in total. The lowest BCUT2D eigenvalue weighted by Gasteiger charge is -2.20. The van der Waals surface area contributed by atoms with Gasteiger partial charge in [-0.1, -0.05) is 0 Å². The molecule has 2 rings (SSSR count). The molecule has 7 heteroatoms. The molecule has 1 aromatic carbocycles. The third-order valence-corrected chi connectivity index (χ3v) is 5.22. The second kappa shape index (κ2) is 5.65. The van der Waals surface area contributed by atoms with E-state index in [-0.39, 0.29) is 16.8 Å². The van der Waals surface area contributed by atoms with Crippen molar-refractivity contribution in [1.29, 1.82) is 0 Å². The topological polar surface area (TPSA) is 69.7 Å². The van der Waals surface area contributed by atoms with Crippen LogP contribution < -0.4 is 10.2 Å². The molecular formula is C14H21N3O3S. The summed E-state index contributed by atoms with van der Waals surface area (Å²) in [6, 6.07) is 5.00. The molecule has 6 nitrogen and oxygen atoms in total. The Labute approximate surface area is 125 Å². The van der Waals surface area contributed by atoms with Gasteiger partial charge < -0.3 is 10.2 Å². The largest absolute Gasteiger partial charge is 0.377 e. The van der Waals surface area contributed by atoms with E-state index in [1.165, 1.54) is 20.2 Å². The summed E-state index contributed by atoms with van der Waals surface area (Å²) in [6.07, 6.45) is 1.98. The Morgan fingerprint density at radius 2 is 1.81 bits per heavy atom. The zero-order valence-corrected chi connectivity index (χ0v) is 13.6. The number of carbonyl (C=O) groups excluding carboxylic acids is 1. The van der Waals surface area contributed by atoms with Crippen molar-refractivity contribution in [3.8, 4) is 0 Å². The highest BCUT2D eigenvalue weighted by atomic mass is 32.2. The molecule has 1 fully saturated rings. The first-order chi connectivity index (χ1) is 9.73. The number of amides is 1. The van der Waals surface area contributed by atoms with Crippen molar-refractivity contribution < 1.29 is 13.2 Å². The summed E-state index contributed by atoms with van der Waals surface area (Å²) in [7, 11) is 2.89. The van der Waals surface area contributed by atoms with E-state index in [1.54, 1.807) is 31.1 Å². The fourth-order valence-corrected chi connectivity index (χ4v) is 3.11. The number of nitrogens with zero attached hydrogens (tertiary/aromatic N) is 2. The van der Waals surface area contributed by atoms with E-state index >= 15 is 0 Å². The Morgan fingerprint density at radius 1 is 1.19 bits per heavy atom. The predicted octanol–water partition coefficient (Wildman–Crippen LogP) is 0.895. The zero-order chi connectivity index (χ0) is 15.8. The predicted molar refractivity (Wildman–Crippen MR) is 82.1 cm³/mol. The highest BCUT2D eigenvalue weighted by molar-refractivity contribution is 7.89. The molecule has 0 radical (unpaired) electrons. The normalized spacial score (nSPS) is 15.1. The second-order valence-electron chi connectivity index (χ2n) is 5.61. The third kappa shape index (κ3) is 3.36. The number of hydrogen-bond acceptors (Lipinski definition) is 4. The average molecular weight is 311 g/mol. The van der Waals surface area contributed by atoms with Gasteiger partial charge in [-0.3, -0.25) is 4.79 Å². The van der Waals surface area contributed by atoms with Crippen LogP contribution in [0.3, 0.4) is 0 Å². The Kier molecular flexibility index (Phi) is 4.25. The van der Waals surface area contributed by atoms with Gasteiger partial charge in [-0.15, -0.1) is 0 Å². The van der Waals surface area contributed by atoms with Crippen LogP contribution in [0.2, 0.25) is 0 Å². The molecule has 0 aromatic heterocycles. The van der Waals surface area contributed by atoms with E-state index in [1.807, 2.05) is 0 Å². The molecule has 1 aliphatic rings. The molecule has 1 aliphatic carbocycles. The van der Waals surface area contributed by atoms with Crippen molar-refractivity contribution in [2.75, 3.05) is 33.1 Å². The quantitative estimate of drug-likeness (QED) is 0.877. The summed E-state index contributed by atoms with van der Waals surface area (Å²) >= 11 is 0. The SMILES string of the molecule is CN(C)c1ccc(C(=O)NC2CC2)cc1S(=O)(=O)N(C)C. The summed E-state index contributed by atoms with van der Waals surface area (Å²) in [5.74, 6) is -0.224. The molecule has 1 amide bonds. The molecule has 1 aromatic rings. The molecule has 0 heterocycles. The fraction of sp³-hybridized carbons (Fsp3) is 0.500. The van der Waals surface area contributed by atoms with Crippen LogP contribution in [-0.2, 0) is 10.0 Å². The maximum atomic E-state index is 12.4. The highest BCUT2D eigenvalue weighted by Gasteiger charge is 2.27. The van der Waals surface area contributed by atoms with E-state index in [0.717, 1.165) is 17.1 Å². The lowest BCUT2D eigenvalue weighted by molar-refractivity contribution is 0.0951. The molecule has 21 heavy (non-hydrogen) atoms. The van der Waals surface area contributed by atoms with Crippen LogP contribution in [0.4, 0.5) is 5.69 Å². The maximum absolute atomic E-state index is 12.4. The van der Waals surface area contributed by atoms with E-state index in [9.17, 15) is 13.2 Å². The van der Waals surface area contributed by atoms with Gasteiger partial charge in [-0.05, 0) is 31.0 Å². The van der Waals surface area contributed by atoms with E-state index in [4.69, 9.17) is 0 Å². The molecule has 1 saturated carbocycles. The van der Waals surface area contributed by atoms with Crippen LogP contribution in [0.1, 0.15) is 23.2 Å². The van der Waals surface area contributed by atoms with Gasteiger partial charge in [0.15, 0.2) is 0 Å². The zero-order valence-electron chi connectivity index (χ0n) is 12.8. The smallest absolute Gasteiger partial charge is 0.251 e. The van der Waals surface area contributed by atoms with Gasteiger partial charge in [0.2, 0.25) is 10.0 Å².